The summed E-state index contributed by atoms with van der Waals surface area (Å²) in [6.45, 7) is 3.68. The van der Waals surface area contributed by atoms with Gasteiger partial charge in [0.25, 0.3) is 0 Å². The third-order valence-corrected chi connectivity index (χ3v) is 1.59. The topological polar surface area (TPSA) is 47.3 Å². The van der Waals surface area contributed by atoms with Gasteiger partial charge in [-0.05, 0) is 19.9 Å². The summed E-state index contributed by atoms with van der Waals surface area (Å²) in [6, 6.07) is 0.173. The van der Waals surface area contributed by atoms with Crippen molar-refractivity contribution in [2.24, 2.45) is 5.73 Å². The Balaban J connectivity index is 2.23. The van der Waals surface area contributed by atoms with Crippen LogP contribution in [-0.4, -0.2) is 25.4 Å². The predicted molar refractivity (Wildman–Crippen MR) is 36.0 cm³/mol. The van der Waals surface area contributed by atoms with Gasteiger partial charge in [-0.15, -0.1) is 0 Å². The largest absolute Gasteiger partial charge is 0.361 e. The molecule has 0 aromatic rings. The highest BCUT2D eigenvalue weighted by atomic mass is 16.5. The summed E-state index contributed by atoms with van der Waals surface area (Å²) >= 11 is 0. The van der Waals surface area contributed by atoms with Crippen molar-refractivity contribution in [1.29, 1.82) is 0 Å². The van der Waals surface area contributed by atoms with Crippen molar-refractivity contribution in [1.82, 2.24) is 5.32 Å². The van der Waals surface area contributed by atoms with E-state index in [2.05, 4.69) is 5.32 Å². The second-order valence-corrected chi connectivity index (χ2v) is 2.50. The van der Waals surface area contributed by atoms with E-state index in [1.54, 1.807) is 0 Å². The van der Waals surface area contributed by atoms with Crippen LogP contribution in [-0.2, 0) is 4.74 Å². The normalized spacial score (nSPS) is 32.0. The number of hydrogen-bond donors (Lipinski definition) is 2. The van der Waals surface area contributed by atoms with E-state index < -0.39 is 0 Å². The van der Waals surface area contributed by atoms with E-state index in [4.69, 9.17) is 10.5 Å². The molecule has 3 heteroatoms. The molecule has 0 aromatic heterocycles. The fourth-order valence-corrected chi connectivity index (χ4v) is 0.980. The van der Waals surface area contributed by atoms with Crippen molar-refractivity contribution in [2.75, 3.05) is 13.3 Å². The van der Waals surface area contributed by atoms with Gasteiger partial charge >= 0.3 is 0 Å². The predicted octanol–water partition coefficient (Wildman–Crippen LogP) is -0.330. The van der Waals surface area contributed by atoms with Crippen LogP contribution < -0.4 is 11.1 Å². The molecule has 54 valence electrons. The summed E-state index contributed by atoms with van der Waals surface area (Å²) in [6.07, 6.45) is 1.31. The lowest BCUT2D eigenvalue weighted by Crippen LogP contribution is -2.42. The van der Waals surface area contributed by atoms with E-state index in [0.717, 1.165) is 13.0 Å². The quantitative estimate of drug-likeness (QED) is 0.511. The molecule has 0 spiro atoms. The van der Waals surface area contributed by atoms with Crippen molar-refractivity contribution in [2.45, 2.75) is 25.5 Å². The minimum atomic E-state index is 0.173. The SMILES string of the molecule is CC(N)C1CCNCO1. The molecule has 2 unspecified atom stereocenters. The Morgan fingerprint density at radius 2 is 2.56 bits per heavy atom. The minimum Gasteiger partial charge on any atom is -0.361 e. The molecule has 0 radical (unpaired) electrons. The second kappa shape index (κ2) is 3.15. The van der Waals surface area contributed by atoms with Gasteiger partial charge in [-0.3, -0.25) is 5.32 Å². The maximum absolute atomic E-state index is 5.61. The monoisotopic (exact) mass is 130 g/mol. The molecule has 1 heterocycles. The maximum Gasteiger partial charge on any atom is 0.0969 e. The summed E-state index contributed by atoms with van der Waals surface area (Å²) < 4.78 is 5.30. The third-order valence-electron chi connectivity index (χ3n) is 1.59. The van der Waals surface area contributed by atoms with Crippen LogP contribution in [0.15, 0.2) is 0 Å². The van der Waals surface area contributed by atoms with Gasteiger partial charge < -0.3 is 10.5 Å². The molecule has 0 saturated carbocycles. The molecule has 3 nitrogen and oxygen atoms in total. The Morgan fingerprint density at radius 3 is 2.89 bits per heavy atom. The molecular weight excluding hydrogens is 116 g/mol. The lowest BCUT2D eigenvalue weighted by Gasteiger charge is -2.25. The molecule has 1 aliphatic rings. The molecule has 0 aliphatic carbocycles. The summed E-state index contributed by atoms with van der Waals surface area (Å²) in [4.78, 5) is 0. The lowest BCUT2D eigenvalue weighted by atomic mass is 10.1. The molecule has 2 atom stereocenters. The first kappa shape index (κ1) is 6.99. The van der Waals surface area contributed by atoms with Crippen LogP contribution in [0.3, 0.4) is 0 Å². The van der Waals surface area contributed by atoms with Crippen LogP contribution in [0.25, 0.3) is 0 Å². The highest BCUT2D eigenvalue weighted by Crippen LogP contribution is 2.04. The Morgan fingerprint density at radius 1 is 1.78 bits per heavy atom. The Bertz CT molecular complexity index is 79.1. The molecule has 1 fully saturated rings. The van der Waals surface area contributed by atoms with E-state index >= 15 is 0 Å². The number of rotatable bonds is 1. The summed E-state index contributed by atoms with van der Waals surface area (Å²) in [5.74, 6) is 0. The number of nitrogens with two attached hydrogens (primary N) is 1. The van der Waals surface area contributed by atoms with E-state index in [1.165, 1.54) is 0 Å². The molecule has 3 N–H and O–H groups in total. The van der Waals surface area contributed by atoms with Gasteiger partial charge in [0.2, 0.25) is 0 Å². The van der Waals surface area contributed by atoms with Crippen LogP contribution in [0, 0.1) is 0 Å². The Labute approximate surface area is 55.6 Å². The van der Waals surface area contributed by atoms with Gasteiger partial charge in [0.1, 0.15) is 0 Å². The molecule has 1 aliphatic heterocycles. The number of hydrogen-bond acceptors (Lipinski definition) is 3. The first-order valence-electron chi connectivity index (χ1n) is 3.38. The Kier molecular flexibility index (Phi) is 2.45. The molecular formula is C6H14N2O. The highest BCUT2D eigenvalue weighted by Gasteiger charge is 2.16. The smallest absolute Gasteiger partial charge is 0.0969 e. The van der Waals surface area contributed by atoms with Gasteiger partial charge in [-0.1, -0.05) is 0 Å². The van der Waals surface area contributed by atoms with Crippen molar-refractivity contribution in [3.05, 3.63) is 0 Å². The summed E-state index contributed by atoms with van der Waals surface area (Å²) in [5, 5.41) is 3.09. The number of ether oxygens (including phenoxy) is 1. The van der Waals surface area contributed by atoms with Crippen LogP contribution >= 0.6 is 0 Å². The minimum absolute atomic E-state index is 0.173. The second-order valence-electron chi connectivity index (χ2n) is 2.50. The summed E-state index contributed by atoms with van der Waals surface area (Å²) in [7, 11) is 0. The van der Waals surface area contributed by atoms with Gasteiger partial charge in [0, 0.05) is 6.04 Å². The van der Waals surface area contributed by atoms with Crippen molar-refractivity contribution < 1.29 is 4.74 Å². The van der Waals surface area contributed by atoms with Crippen LogP contribution in [0.2, 0.25) is 0 Å². The average molecular weight is 130 g/mol. The van der Waals surface area contributed by atoms with E-state index in [1.807, 2.05) is 6.92 Å². The molecule has 0 amide bonds. The first-order chi connectivity index (χ1) is 4.30. The lowest BCUT2D eigenvalue weighted by molar-refractivity contribution is -0.00407. The average Bonchev–Trinajstić information content (AvgIpc) is 1.90. The third kappa shape index (κ3) is 1.93. The van der Waals surface area contributed by atoms with E-state index in [-0.39, 0.29) is 12.1 Å². The van der Waals surface area contributed by atoms with E-state index in [0.29, 0.717) is 6.73 Å². The molecule has 1 saturated heterocycles. The van der Waals surface area contributed by atoms with Gasteiger partial charge in [0.15, 0.2) is 0 Å². The van der Waals surface area contributed by atoms with Gasteiger partial charge in [-0.25, -0.2) is 0 Å². The maximum atomic E-state index is 5.61. The van der Waals surface area contributed by atoms with Gasteiger partial charge in [0.05, 0.1) is 12.8 Å². The molecule has 9 heavy (non-hydrogen) atoms. The molecule has 1 rings (SSSR count). The van der Waals surface area contributed by atoms with Crippen LogP contribution in [0.4, 0.5) is 0 Å². The Hall–Kier alpha value is -0.120. The van der Waals surface area contributed by atoms with Crippen LogP contribution in [0.5, 0.6) is 0 Å². The zero-order valence-corrected chi connectivity index (χ0v) is 5.76. The zero-order chi connectivity index (χ0) is 6.69. The van der Waals surface area contributed by atoms with Crippen molar-refractivity contribution >= 4 is 0 Å². The fourth-order valence-electron chi connectivity index (χ4n) is 0.980. The van der Waals surface area contributed by atoms with Crippen molar-refractivity contribution in [3.63, 3.8) is 0 Å². The van der Waals surface area contributed by atoms with Gasteiger partial charge in [-0.2, -0.15) is 0 Å². The van der Waals surface area contributed by atoms with Crippen molar-refractivity contribution in [3.8, 4) is 0 Å². The molecule has 0 bridgehead atoms. The molecule has 0 aromatic carbocycles. The van der Waals surface area contributed by atoms with E-state index in [9.17, 15) is 0 Å². The highest BCUT2D eigenvalue weighted by molar-refractivity contribution is 4.71. The number of nitrogens with one attached hydrogen (secondary N) is 1. The van der Waals surface area contributed by atoms with Crippen LogP contribution in [0.1, 0.15) is 13.3 Å². The summed E-state index contributed by atoms with van der Waals surface area (Å²) in [5.41, 5.74) is 5.61. The fraction of sp³-hybridized carbons (Fsp3) is 1.00. The standard InChI is InChI=1S/C6H14N2O/c1-5(7)6-2-3-8-4-9-6/h5-6,8H,2-4,7H2,1H3. The first-order valence-corrected chi connectivity index (χ1v) is 3.38. The zero-order valence-electron chi connectivity index (χ0n) is 5.76.